The van der Waals surface area contributed by atoms with E-state index in [9.17, 15) is 87.9 Å². The van der Waals surface area contributed by atoms with Crippen LogP contribution in [-0.4, -0.2) is 185 Å². The molecule has 7 aliphatic heterocycles. The van der Waals surface area contributed by atoms with Gasteiger partial charge in [-0.15, -0.1) is 0 Å². The van der Waals surface area contributed by atoms with E-state index in [1.54, 1.807) is 19.2 Å². The summed E-state index contributed by atoms with van der Waals surface area (Å²) in [5, 5.41) is 119. The summed E-state index contributed by atoms with van der Waals surface area (Å²) in [4.78, 5) is 129. The number of halogens is 5. The quantitative estimate of drug-likeness (QED) is 0.0799. The van der Waals surface area contributed by atoms with E-state index in [1.165, 1.54) is 20.8 Å². The fraction of sp³-hybridized carbons (Fsp3) is 0.426. The van der Waals surface area contributed by atoms with Gasteiger partial charge in [0.25, 0.3) is 0 Å². The van der Waals surface area contributed by atoms with Crippen LogP contribution in [-0.2, 0) is 57.4 Å². The second kappa shape index (κ2) is 31.3. The number of carbonyl (C=O) groups is 9. The molecule has 11 bridgehead atoms. The number of carbonyl (C=O) groups excluding carboxylic acids is 8. The highest BCUT2D eigenvalue weighted by molar-refractivity contribution is 6.32. The van der Waals surface area contributed by atoms with Crippen LogP contribution in [0.2, 0.25) is 10.0 Å². The molecule has 12 rings (SSSR count). The van der Waals surface area contributed by atoms with E-state index >= 15 is 14.4 Å². The van der Waals surface area contributed by atoms with Crippen molar-refractivity contribution in [3.63, 3.8) is 0 Å². The predicted molar refractivity (Wildman–Crippen MR) is 358 cm³/mol. The van der Waals surface area contributed by atoms with E-state index in [1.807, 2.05) is 0 Å². The molecule has 5 aromatic carbocycles. The molecule has 0 aromatic heterocycles. The minimum absolute atomic E-state index is 0.0810. The van der Waals surface area contributed by atoms with E-state index in [4.69, 9.17) is 63.1 Å². The third-order valence-corrected chi connectivity index (χ3v) is 18.8. The second-order valence-corrected chi connectivity index (χ2v) is 27.6. The first kappa shape index (κ1) is 78.7. The zero-order chi connectivity index (χ0) is 77.6. The fourth-order valence-electron chi connectivity index (χ4n) is 12.8. The third-order valence-electron chi connectivity index (χ3n) is 18.2. The molecule has 0 aliphatic carbocycles. The number of carboxylic acids is 1. The molecule has 18 atom stereocenters. The summed E-state index contributed by atoms with van der Waals surface area (Å²) in [5.41, 5.74) is 7.41. The molecule has 7 heterocycles. The zero-order valence-electron chi connectivity index (χ0n) is 56.4. The molecule has 0 spiro atoms. The molecule has 0 radical (unpaired) electrons. The summed E-state index contributed by atoms with van der Waals surface area (Å²) in [6.07, 6.45) is -26.3. The van der Waals surface area contributed by atoms with Crippen LogP contribution in [0.4, 0.5) is 13.2 Å². The topological polar surface area (TPSA) is 527 Å². The Labute approximate surface area is 608 Å². The van der Waals surface area contributed by atoms with Gasteiger partial charge >= 0.3 is 18.1 Å². The first-order valence-electron chi connectivity index (χ1n) is 32.7. The van der Waals surface area contributed by atoms with E-state index in [-0.39, 0.29) is 29.9 Å². The number of amides is 8. The first-order chi connectivity index (χ1) is 49.7. The summed E-state index contributed by atoms with van der Waals surface area (Å²) < 4.78 is 79.3. The number of nitrogens with two attached hydrogens (primary N) is 2. The van der Waals surface area contributed by atoms with E-state index in [0.717, 1.165) is 78.9 Å². The highest BCUT2D eigenvalue weighted by atomic mass is 35.5. The number of aliphatic carboxylic acids is 1. The molecular formula is C68H74Cl2F3N9O24. The molecule has 7 aliphatic rings. The molecule has 570 valence electrons. The molecule has 38 heteroatoms. The largest absolute Gasteiger partial charge is 0.508 e. The summed E-state index contributed by atoms with van der Waals surface area (Å²) in [7, 11) is 0. The Hall–Kier alpha value is -9.86. The van der Waals surface area contributed by atoms with Gasteiger partial charge in [-0.3, -0.25) is 38.4 Å². The Morgan fingerprint density at radius 2 is 1.30 bits per heavy atom. The number of hydrogen-bond donors (Lipinski definition) is 18. The summed E-state index contributed by atoms with van der Waals surface area (Å²) in [6, 6.07) is -0.929. The van der Waals surface area contributed by atoms with E-state index in [0.29, 0.717) is 0 Å². The van der Waals surface area contributed by atoms with Crippen LogP contribution in [0.1, 0.15) is 112 Å². The Balaban J connectivity index is 1.25. The van der Waals surface area contributed by atoms with Crippen LogP contribution in [0, 0.1) is 11.8 Å². The van der Waals surface area contributed by atoms with Gasteiger partial charge in [0.15, 0.2) is 29.9 Å². The van der Waals surface area contributed by atoms with Crippen molar-refractivity contribution >= 4 is 76.4 Å². The number of aliphatic hydroxyl groups excluding tert-OH is 5. The average molecular weight is 1530 g/mol. The Kier molecular flexibility index (Phi) is 23.2. The predicted octanol–water partition coefficient (Wildman–Crippen LogP) is 1.84. The lowest BCUT2D eigenvalue weighted by Gasteiger charge is -2.47. The van der Waals surface area contributed by atoms with E-state index in [2.05, 4.69) is 31.9 Å². The van der Waals surface area contributed by atoms with Gasteiger partial charge in [-0.2, -0.15) is 13.2 Å². The standard InChI is InChI=1S/C68H74Cl2F3N9O24/c1-23(2)12-24(3)58(92)81-49-51(87)27-7-10-38(33(69)14-27)102-40-16-29-17-41(55(40)106-65-56(105-44-21-67(5,75)57(91)25(4)101-44)54(90)53(89)42(104-65)22-76-66(100)68(71,72)73)103-39-11-8-28(15-34(39)70)52(88)50-63(97)80-48(64(98)99)32-18-30(83)19-37(85)45(32)31-13-26(6-9-36(31)84)46(60(94)82-50)79-61(95)47(29)78-59(93)35(20-43(74)86)77-62(49)96/h6-11,13-19,23-25,35,42,44,46-54,56-57,65,83-85,87-91H,12,20-22,75H2,1-5H3,(H2,74,86)(H,76,100)(H,77,96)(H,78,93)(H,79,95)(H,80,97)(H,81,92)(H,82,94)(H,98,99)/t24-,25?,35+,42?,44?,46?,47-,48-,49-,50+,51-,52-,53?,54?,56?,57?,65?,67?/m1/s1. The molecule has 2 fully saturated rings. The number of rotatable bonds is 13. The van der Waals surface area contributed by atoms with Crippen molar-refractivity contribution in [2.75, 3.05) is 6.54 Å². The maximum Gasteiger partial charge on any atom is 0.471 e. The van der Waals surface area contributed by atoms with Gasteiger partial charge in [0, 0.05) is 47.2 Å². The maximum absolute atomic E-state index is 16.1. The SMILES string of the molecule is CC(C)C[C@@H](C)C(=O)N[C@H]1C(=O)N[C@@H](CC(N)=O)C(=O)N[C@H]2C(=O)NC3C(=O)N[C@H](C(=O)N[C@@H](C(=O)O)c4cc(O)cc(O)c4-c4cc3ccc4O)[C@H](O)c3ccc(c(Cl)c3)Oc3cc2cc(c3OC2OC(CNC(=O)C(F)(F)F)C(O)C(O)C2OC2CC(C)(N)C(O)C(C)O2)Oc2ccc(cc2Cl)[C@H]1O. The molecular weight excluding hydrogens is 1450 g/mol. The molecule has 8 amide bonds. The number of phenols is 3. The molecule has 2 saturated heterocycles. The van der Waals surface area contributed by atoms with Gasteiger partial charge < -0.3 is 123 Å². The van der Waals surface area contributed by atoms with Crippen LogP contribution in [0.15, 0.2) is 78.9 Å². The lowest BCUT2D eigenvalue weighted by atomic mass is 9.86. The number of aromatic hydroxyl groups is 3. The number of primary amides is 1. The third kappa shape index (κ3) is 17.0. The Bertz CT molecular complexity index is 4310. The number of alkyl halides is 3. The lowest BCUT2D eigenvalue weighted by Crippen LogP contribution is -2.65. The van der Waals surface area contributed by atoms with Crippen molar-refractivity contribution < 1.29 is 131 Å². The zero-order valence-corrected chi connectivity index (χ0v) is 57.9. The number of fused-ring (bicyclic) bond motifs is 15. The number of ether oxygens (including phenoxy) is 6. The number of nitrogens with one attached hydrogen (secondary N) is 7. The minimum Gasteiger partial charge on any atom is -0.508 e. The molecule has 106 heavy (non-hydrogen) atoms. The number of aliphatic hydroxyl groups is 5. The van der Waals surface area contributed by atoms with Crippen LogP contribution >= 0.6 is 23.2 Å². The molecule has 33 nitrogen and oxygen atoms in total. The number of phenolic OH excluding ortho intramolecular Hbond substituents is 3. The van der Waals surface area contributed by atoms with Crippen molar-refractivity contribution in [3.8, 4) is 57.1 Å². The molecule has 10 unspecified atom stereocenters. The number of carboxylic acid groups (broad SMARTS) is 1. The second-order valence-electron chi connectivity index (χ2n) is 26.8. The van der Waals surface area contributed by atoms with Gasteiger partial charge in [-0.05, 0) is 103 Å². The summed E-state index contributed by atoms with van der Waals surface area (Å²) in [6.45, 7) is 6.74. The van der Waals surface area contributed by atoms with Crippen molar-refractivity contribution in [1.29, 1.82) is 0 Å². The highest BCUT2D eigenvalue weighted by Crippen LogP contribution is 2.50. The monoisotopic (exact) mass is 1530 g/mol. The highest BCUT2D eigenvalue weighted by Gasteiger charge is 2.52. The van der Waals surface area contributed by atoms with Gasteiger partial charge in [-0.25, -0.2) is 4.79 Å². The van der Waals surface area contributed by atoms with Gasteiger partial charge in [0.05, 0.1) is 28.7 Å². The van der Waals surface area contributed by atoms with Crippen molar-refractivity contribution in [1.82, 2.24) is 37.2 Å². The first-order valence-corrected chi connectivity index (χ1v) is 33.5. The number of benzene rings is 5. The van der Waals surface area contributed by atoms with Crippen LogP contribution in [0.5, 0.6) is 46.0 Å². The molecule has 20 N–H and O–H groups in total. The smallest absolute Gasteiger partial charge is 0.471 e. The maximum atomic E-state index is 16.1. The Morgan fingerprint density at radius 1 is 0.708 bits per heavy atom. The van der Waals surface area contributed by atoms with E-state index < -0.39 is 265 Å². The molecule has 5 aromatic rings. The Morgan fingerprint density at radius 3 is 1.89 bits per heavy atom. The van der Waals surface area contributed by atoms with Crippen LogP contribution < -0.4 is 62.9 Å². The van der Waals surface area contributed by atoms with Crippen molar-refractivity contribution in [2.24, 2.45) is 23.3 Å². The normalized spacial score (nSPS) is 28.7. The van der Waals surface area contributed by atoms with Gasteiger partial charge in [-0.1, -0.05) is 62.2 Å². The van der Waals surface area contributed by atoms with Crippen molar-refractivity contribution in [3.05, 3.63) is 117 Å². The fourth-order valence-corrected chi connectivity index (χ4v) is 13.3. The van der Waals surface area contributed by atoms with Crippen LogP contribution in [0.25, 0.3) is 11.1 Å². The summed E-state index contributed by atoms with van der Waals surface area (Å²) >= 11 is 14.1. The minimum atomic E-state index is -5.51. The summed E-state index contributed by atoms with van der Waals surface area (Å²) in [5.74, 6) is -20.5. The lowest BCUT2D eigenvalue weighted by molar-refractivity contribution is -0.330. The van der Waals surface area contributed by atoms with Gasteiger partial charge in [0.1, 0.15) is 89.5 Å². The number of hydrogen-bond acceptors (Lipinski definition) is 24. The molecule has 0 saturated carbocycles. The average Bonchev–Trinajstić information content (AvgIpc) is 0.768. The van der Waals surface area contributed by atoms with Crippen LogP contribution in [0.3, 0.4) is 0 Å². The van der Waals surface area contributed by atoms with Gasteiger partial charge in [0.2, 0.25) is 53.4 Å². The van der Waals surface area contributed by atoms with Crippen molar-refractivity contribution in [2.45, 2.75) is 163 Å².